The van der Waals surface area contributed by atoms with Crippen LogP contribution in [0, 0.1) is 0 Å². The van der Waals surface area contributed by atoms with Crippen molar-refractivity contribution in [2.75, 3.05) is 6.61 Å². The number of aryl methyl sites for hydroxylation is 1. The SMILES string of the molecule is CCCC(C)c1cn(CC)nc1OCC. The zero-order valence-electron chi connectivity index (χ0n) is 10.3. The molecule has 0 aliphatic heterocycles. The number of hydrogen-bond acceptors (Lipinski definition) is 2. The van der Waals surface area contributed by atoms with E-state index in [2.05, 4.69) is 32.1 Å². The van der Waals surface area contributed by atoms with Crippen molar-refractivity contribution < 1.29 is 4.74 Å². The molecular formula is C12H22N2O. The molecule has 0 aliphatic rings. The molecule has 0 amide bonds. The predicted molar refractivity (Wildman–Crippen MR) is 62.4 cm³/mol. The van der Waals surface area contributed by atoms with Gasteiger partial charge in [-0.3, -0.25) is 4.68 Å². The normalized spacial score (nSPS) is 12.8. The molecule has 15 heavy (non-hydrogen) atoms. The topological polar surface area (TPSA) is 27.1 Å². The lowest BCUT2D eigenvalue weighted by Gasteiger charge is -2.09. The summed E-state index contributed by atoms with van der Waals surface area (Å²) in [5, 5.41) is 4.42. The van der Waals surface area contributed by atoms with Crippen LogP contribution in [0.4, 0.5) is 0 Å². The van der Waals surface area contributed by atoms with E-state index in [1.165, 1.54) is 18.4 Å². The first-order valence-electron chi connectivity index (χ1n) is 5.93. The fourth-order valence-corrected chi connectivity index (χ4v) is 1.76. The Labute approximate surface area is 92.4 Å². The van der Waals surface area contributed by atoms with Crippen LogP contribution in [0.5, 0.6) is 5.88 Å². The van der Waals surface area contributed by atoms with Crippen molar-refractivity contribution in [3.05, 3.63) is 11.8 Å². The lowest BCUT2D eigenvalue weighted by Crippen LogP contribution is -1.98. The lowest BCUT2D eigenvalue weighted by atomic mass is 9.99. The van der Waals surface area contributed by atoms with Gasteiger partial charge >= 0.3 is 0 Å². The molecule has 0 saturated heterocycles. The van der Waals surface area contributed by atoms with Crippen LogP contribution in [-0.4, -0.2) is 16.4 Å². The minimum atomic E-state index is 0.539. The molecular weight excluding hydrogens is 188 g/mol. The molecule has 0 aliphatic carbocycles. The van der Waals surface area contributed by atoms with E-state index in [1.807, 2.05) is 11.6 Å². The lowest BCUT2D eigenvalue weighted by molar-refractivity contribution is 0.317. The summed E-state index contributed by atoms with van der Waals surface area (Å²) in [5.41, 5.74) is 1.25. The van der Waals surface area contributed by atoms with Gasteiger partial charge in [0.1, 0.15) is 0 Å². The predicted octanol–water partition coefficient (Wildman–Crippen LogP) is 3.21. The minimum absolute atomic E-state index is 0.539. The monoisotopic (exact) mass is 210 g/mol. The van der Waals surface area contributed by atoms with E-state index in [0.29, 0.717) is 12.5 Å². The van der Waals surface area contributed by atoms with Gasteiger partial charge in [0.2, 0.25) is 5.88 Å². The van der Waals surface area contributed by atoms with Crippen molar-refractivity contribution in [1.29, 1.82) is 0 Å². The van der Waals surface area contributed by atoms with Crippen LogP contribution in [0.1, 0.15) is 52.0 Å². The van der Waals surface area contributed by atoms with Crippen LogP contribution in [0.15, 0.2) is 6.20 Å². The van der Waals surface area contributed by atoms with E-state index in [1.54, 1.807) is 0 Å². The first kappa shape index (κ1) is 12.1. The van der Waals surface area contributed by atoms with Gasteiger partial charge in [-0.05, 0) is 26.2 Å². The molecule has 0 radical (unpaired) electrons. The van der Waals surface area contributed by atoms with Crippen LogP contribution in [-0.2, 0) is 6.54 Å². The van der Waals surface area contributed by atoms with Gasteiger partial charge in [-0.1, -0.05) is 20.3 Å². The maximum Gasteiger partial charge on any atom is 0.236 e. The van der Waals surface area contributed by atoms with Crippen molar-refractivity contribution in [1.82, 2.24) is 9.78 Å². The summed E-state index contributed by atoms with van der Waals surface area (Å²) in [6.45, 7) is 10.1. The molecule has 3 heteroatoms. The number of rotatable bonds is 6. The molecule has 1 unspecified atom stereocenters. The van der Waals surface area contributed by atoms with E-state index in [4.69, 9.17) is 4.74 Å². The molecule has 0 saturated carbocycles. The third kappa shape index (κ3) is 2.98. The van der Waals surface area contributed by atoms with Crippen LogP contribution in [0.25, 0.3) is 0 Å². The number of hydrogen-bond donors (Lipinski definition) is 0. The van der Waals surface area contributed by atoms with Crippen molar-refractivity contribution in [3.63, 3.8) is 0 Å². The molecule has 0 bridgehead atoms. The Kier molecular flexibility index (Phi) is 4.66. The number of aromatic nitrogens is 2. The fourth-order valence-electron chi connectivity index (χ4n) is 1.76. The van der Waals surface area contributed by atoms with Gasteiger partial charge in [0.05, 0.1) is 6.61 Å². The van der Waals surface area contributed by atoms with Crippen molar-refractivity contribution in [2.45, 2.75) is 53.0 Å². The molecule has 0 N–H and O–H groups in total. The van der Waals surface area contributed by atoms with Crippen LogP contribution in [0.3, 0.4) is 0 Å². The van der Waals surface area contributed by atoms with Crippen LogP contribution >= 0.6 is 0 Å². The summed E-state index contributed by atoms with van der Waals surface area (Å²) in [6, 6.07) is 0. The van der Waals surface area contributed by atoms with Gasteiger partial charge in [0.15, 0.2) is 0 Å². The second kappa shape index (κ2) is 5.79. The third-order valence-electron chi connectivity index (χ3n) is 2.61. The minimum Gasteiger partial charge on any atom is -0.477 e. The molecule has 1 rings (SSSR count). The maximum absolute atomic E-state index is 5.56. The molecule has 1 aromatic heterocycles. The molecule has 1 aromatic rings. The van der Waals surface area contributed by atoms with Gasteiger partial charge in [0, 0.05) is 18.3 Å². The molecule has 0 fully saturated rings. The van der Waals surface area contributed by atoms with Gasteiger partial charge in [-0.25, -0.2) is 0 Å². The van der Waals surface area contributed by atoms with Gasteiger partial charge < -0.3 is 4.74 Å². The van der Waals surface area contributed by atoms with E-state index in [0.717, 1.165) is 12.4 Å². The van der Waals surface area contributed by atoms with Crippen molar-refractivity contribution in [2.24, 2.45) is 0 Å². The van der Waals surface area contributed by atoms with E-state index < -0.39 is 0 Å². The summed E-state index contributed by atoms with van der Waals surface area (Å²) in [6.07, 6.45) is 4.50. The average molecular weight is 210 g/mol. The molecule has 1 atom stereocenters. The zero-order valence-corrected chi connectivity index (χ0v) is 10.3. The highest BCUT2D eigenvalue weighted by Gasteiger charge is 2.15. The van der Waals surface area contributed by atoms with Gasteiger partial charge in [-0.2, -0.15) is 0 Å². The highest BCUT2D eigenvalue weighted by atomic mass is 16.5. The first-order valence-corrected chi connectivity index (χ1v) is 5.93. The Balaban J connectivity index is 2.87. The van der Waals surface area contributed by atoms with E-state index >= 15 is 0 Å². The van der Waals surface area contributed by atoms with Crippen LogP contribution < -0.4 is 4.74 Å². The fraction of sp³-hybridized carbons (Fsp3) is 0.750. The quantitative estimate of drug-likeness (QED) is 0.721. The summed E-state index contributed by atoms with van der Waals surface area (Å²) in [5.74, 6) is 1.36. The van der Waals surface area contributed by atoms with Crippen molar-refractivity contribution in [3.8, 4) is 5.88 Å². The molecule has 0 spiro atoms. The highest BCUT2D eigenvalue weighted by Crippen LogP contribution is 2.28. The second-order valence-electron chi connectivity index (χ2n) is 3.87. The van der Waals surface area contributed by atoms with Crippen LogP contribution in [0.2, 0.25) is 0 Å². The Hall–Kier alpha value is -0.990. The highest BCUT2D eigenvalue weighted by molar-refractivity contribution is 5.27. The summed E-state index contributed by atoms with van der Waals surface area (Å²) >= 11 is 0. The van der Waals surface area contributed by atoms with E-state index in [9.17, 15) is 0 Å². The average Bonchev–Trinajstić information content (AvgIpc) is 2.62. The Morgan fingerprint density at radius 3 is 2.67 bits per heavy atom. The smallest absolute Gasteiger partial charge is 0.236 e. The van der Waals surface area contributed by atoms with E-state index in [-0.39, 0.29) is 0 Å². The second-order valence-corrected chi connectivity index (χ2v) is 3.87. The van der Waals surface area contributed by atoms with Gasteiger partial charge in [-0.15, -0.1) is 5.10 Å². The standard InChI is InChI=1S/C12H22N2O/c1-5-8-10(4)11-9-14(6-2)13-12(11)15-7-3/h9-10H,5-8H2,1-4H3. The van der Waals surface area contributed by atoms with Crippen molar-refractivity contribution >= 4 is 0 Å². The zero-order chi connectivity index (χ0) is 11.3. The molecule has 1 heterocycles. The number of nitrogens with zero attached hydrogens (tertiary/aromatic N) is 2. The summed E-state index contributed by atoms with van der Waals surface area (Å²) in [7, 11) is 0. The molecule has 3 nitrogen and oxygen atoms in total. The maximum atomic E-state index is 5.56. The largest absolute Gasteiger partial charge is 0.477 e. The first-order chi connectivity index (χ1) is 7.22. The Morgan fingerprint density at radius 2 is 2.13 bits per heavy atom. The number of ether oxygens (including phenoxy) is 1. The van der Waals surface area contributed by atoms with Gasteiger partial charge in [0.25, 0.3) is 0 Å². The Bertz CT molecular complexity index is 294. The summed E-state index contributed by atoms with van der Waals surface area (Å²) < 4.78 is 7.51. The third-order valence-corrected chi connectivity index (χ3v) is 2.61. The molecule has 0 aromatic carbocycles. The molecule has 86 valence electrons. The Morgan fingerprint density at radius 1 is 1.40 bits per heavy atom. The summed E-state index contributed by atoms with van der Waals surface area (Å²) in [4.78, 5) is 0.